The minimum atomic E-state index is -0.192. The number of aromatic nitrogens is 22. The summed E-state index contributed by atoms with van der Waals surface area (Å²) in [6.45, 7) is 1.47. The number of nitrogens with one attached hydrogen (secondary N) is 10. The molecule has 1 aliphatic heterocycles. The standard InChI is InChI=1S/C22H14N6O.C21H16N6O.C20H19N7O.C18H14N8O/c29-21-14-8-2-4-10-16(14)23-22-25-19(15-9-3-6-12-18(15)28(21)22)24-20-13-7-1-5-11-17(13)26-27-20;28-20-13-5-1-3-7-15(13)22-21-24-19(14-6-2-4-8-17(14)27(20)21)23-18-11-16(25-26-18)12-9-10-12;28-19-12-3-1-2-4-14(12)22-20-24-18(13-10-21-8-7-16(13)27(19)20)23-17-9-15(25-26-17)11-5-6-11;27-17-10-3-1-2-4-11(10)21-18-23-15(14-16(26(17)18)20-8-19-14)22-13-7-12(24-25-13)9-5-6-9/h1-12H,(H2,23,24,25,26,27);1-8,11-12H,9-10H2,(H2,22,23,24,25,26);1-4,9,11,21H,5-8,10H2,(H2,22,23,24,25,26);1-4,7-9H,5-6H2,(H,19,20)(H2,21,22,23,24,25). The molecule has 3 fully saturated rings. The maximum atomic E-state index is 13.2. The number of hydrogen-bond acceptors (Lipinski definition) is 22. The van der Waals surface area contributed by atoms with Crippen LogP contribution in [0.2, 0.25) is 0 Å². The lowest BCUT2D eigenvalue weighted by Crippen LogP contribution is -2.31. The predicted molar refractivity (Wildman–Crippen MR) is 428 cm³/mol. The van der Waals surface area contributed by atoms with Gasteiger partial charge in [0.2, 0.25) is 23.1 Å². The van der Waals surface area contributed by atoms with E-state index in [-0.39, 0.29) is 22.2 Å². The number of benzene rings is 7. The van der Waals surface area contributed by atoms with Gasteiger partial charge in [0.05, 0.1) is 66.5 Å². The first-order valence-corrected chi connectivity index (χ1v) is 36.9. The van der Waals surface area contributed by atoms with Crippen LogP contribution in [0.15, 0.2) is 214 Å². The van der Waals surface area contributed by atoms with Crippen molar-refractivity contribution in [2.45, 2.75) is 69.2 Å². The van der Waals surface area contributed by atoms with Crippen LogP contribution in [0.25, 0.3) is 111 Å². The van der Waals surface area contributed by atoms with Crippen molar-refractivity contribution >= 4 is 157 Å². The van der Waals surface area contributed by atoms with E-state index in [4.69, 9.17) is 4.98 Å². The SMILES string of the molecule is O=c1c2ccccc2nc2nc(Nc3cc(C4CC4)[nH]n3)c3[nH]cnc3n12.O=c1c2ccccc2nc2nc(Nc3cc(C4CC4)[nH]n3)c3c(n12)CCNC3.O=c1c2ccccc2nc2nc(Nc3cc(C4CC4)[nH]n3)c3ccccc3n12.O=c1c2ccccc2nc2nc(Nc3n[nH]c4ccccc34)c3ccccc3n12. The molecule has 112 heavy (non-hydrogen) atoms. The monoisotopic (exact) mass is 1480 g/mol. The highest BCUT2D eigenvalue weighted by atomic mass is 16.1. The van der Waals surface area contributed by atoms with Gasteiger partial charge in [-0.15, -0.1) is 0 Å². The Labute approximate surface area is 628 Å². The van der Waals surface area contributed by atoms with Crippen molar-refractivity contribution < 1.29 is 0 Å². The Kier molecular flexibility index (Phi) is 15.4. The second-order valence-electron chi connectivity index (χ2n) is 28.2. The van der Waals surface area contributed by atoms with Gasteiger partial charge >= 0.3 is 0 Å². The van der Waals surface area contributed by atoms with Crippen molar-refractivity contribution in [2.24, 2.45) is 0 Å². The van der Waals surface area contributed by atoms with E-state index in [1.807, 2.05) is 164 Å². The molecule has 3 aliphatic carbocycles. The zero-order valence-electron chi connectivity index (χ0n) is 59.3. The summed E-state index contributed by atoms with van der Waals surface area (Å²) in [5, 5.41) is 51.2. The Hall–Kier alpha value is -15.0. The molecule has 0 saturated heterocycles. The highest BCUT2D eigenvalue weighted by molar-refractivity contribution is 5.99. The highest BCUT2D eigenvalue weighted by Gasteiger charge is 2.30. The lowest BCUT2D eigenvalue weighted by molar-refractivity contribution is 0.619. The molecule has 13 aromatic heterocycles. The first-order chi connectivity index (χ1) is 55.1. The van der Waals surface area contributed by atoms with Crippen LogP contribution < -0.4 is 48.8 Å². The summed E-state index contributed by atoms with van der Waals surface area (Å²) in [6.07, 6.45) is 9.53. The van der Waals surface area contributed by atoms with Crippen molar-refractivity contribution in [1.82, 2.24) is 114 Å². The van der Waals surface area contributed by atoms with E-state index in [0.29, 0.717) is 143 Å². The molecule has 20 aromatic rings. The lowest BCUT2D eigenvalue weighted by atomic mass is 10.1. The molecule has 0 radical (unpaired) electrons. The summed E-state index contributed by atoms with van der Waals surface area (Å²) in [6, 6.07) is 58.6. The Morgan fingerprint density at radius 3 is 1.26 bits per heavy atom. The number of H-pyrrole nitrogens is 5. The number of hydrogen-bond donors (Lipinski definition) is 10. The van der Waals surface area contributed by atoms with Crippen molar-refractivity contribution in [3.05, 3.63) is 264 Å². The summed E-state index contributed by atoms with van der Waals surface area (Å²) in [4.78, 5) is 96.8. The minimum Gasteiger partial charge on any atom is -0.340 e. The molecular formula is C81H63N27O4. The van der Waals surface area contributed by atoms with Crippen LogP contribution in [-0.4, -0.2) is 115 Å². The fraction of sp³-hybridized carbons (Fsp3) is 0.148. The Morgan fingerprint density at radius 2 is 0.750 bits per heavy atom. The molecule has 0 atom stereocenters. The smallest absolute Gasteiger partial charge is 0.268 e. The highest BCUT2D eigenvalue weighted by Crippen LogP contribution is 2.42. The second kappa shape index (κ2) is 26.4. The molecule has 0 unspecified atom stereocenters. The van der Waals surface area contributed by atoms with Gasteiger partial charge < -0.3 is 31.6 Å². The van der Waals surface area contributed by atoms with Gasteiger partial charge in [-0.05, 0) is 123 Å². The van der Waals surface area contributed by atoms with E-state index in [0.717, 1.165) is 79.8 Å². The molecule has 31 nitrogen and oxygen atoms in total. The zero-order chi connectivity index (χ0) is 74.7. The fourth-order valence-electron chi connectivity index (χ4n) is 14.7. The number of anilines is 8. The molecule has 0 spiro atoms. The molecule has 7 aromatic carbocycles. The molecule has 14 heterocycles. The minimum absolute atomic E-state index is 0.0615. The van der Waals surface area contributed by atoms with Gasteiger partial charge in [0.15, 0.2) is 34.7 Å². The van der Waals surface area contributed by atoms with Crippen LogP contribution in [-0.2, 0) is 13.0 Å². The first kappa shape index (κ1) is 65.3. The van der Waals surface area contributed by atoms with Crippen LogP contribution in [0.5, 0.6) is 0 Å². The van der Waals surface area contributed by atoms with Crippen molar-refractivity contribution in [3.63, 3.8) is 0 Å². The topological polar surface area (TPSA) is 393 Å². The molecule has 4 aliphatic rings. The third-order valence-electron chi connectivity index (χ3n) is 20.8. The molecule has 3 saturated carbocycles. The van der Waals surface area contributed by atoms with E-state index < -0.39 is 0 Å². The predicted octanol–water partition coefficient (Wildman–Crippen LogP) is 12.5. The van der Waals surface area contributed by atoms with Gasteiger partial charge in [0, 0.05) is 100.0 Å². The van der Waals surface area contributed by atoms with E-state index in [1.54, 1.807) is 43.8 Å². The number of rotatable bonds is 11. The largest absolute Gasteiger partial charge is 0.340 e. The number of nitrogens with zero attached hydrogens (tertiary/aromatic N) is 17. The zero-order valence-corrected chi connectivity index (χ0v) is 59.3. The van der Waals surface area contributed by atoms with Crippen molar-refractivity contribution in [3.8, 4) is 0 Å². The lowest BCUT2D eigenvalue weighted by Gasteiger charge is -2.22. The summed E-state index contributed by atoms with van der Waals surface area (Å²) in [5.41, 5.74) is 10.9. The number of imidazole rings is 1. The average Bonchev–Trinajstić information content (AvgIpc) is 1.42. The van der Waals surface area contributed by atoms with Crippen LogP contribution in [0.3, 0.4) is 0 Å². The molecule has 31 heteroatoms. The molecular weight excluding hydrogens is 1420 g/mol. The van der Waals surface area contributed by atoms with Crippen molar-refractivity contribution in [2.75, 3.05) is 27.8 Å². The van der Waals surface area contributed by atoms with Gasteiger partial charge in [-0.2, -0.15) is 40.3 Å². The second-order valence-corrected chi connectivity index (χ2v) is 28.2. The molecule has 0 amide bonds. The Morgan fingerprint density at radius 1 is 0.357 bits per heavy atom. The van der Waals surface area contributed by atoms with Crippen LogP contribution in [0.1, 0.15) is 84.6 Å². The molecule has 24 rings (SSSR count). The van der Waals surface area contributed by atoms with E-state index in [9.17, 15) is 19.2 Å². The Balaban J connectivity index is 0.0000000943. The van der Waals surface area contributed by atoms with Gasteiger partial charge in [-0.3, -0.25) is 39.6 Å². The molecule has 0 bridgehead atoms. The number of aromatic amines is 5. The van der Waals surface area contributed by atoms with E-state index in [1.165, 1.54) is 42.9 Å². The normalized spacial score (nSPS) is 14.1. The van der Waals surface area contributed by atoms with Crippen LogP contribution in [0.4, 0.5) is 46.5 Å². The summed E-state index contributed by atoms with van der Waals surface area (Å²) >= 11 is 0. The number of para-hydroxylation sites is 7. The van der Waals surface area contributed by atoms with Gasteiger partial charge in [-0.1, -0.05) is 84.9 Å². The summed E-state index contributed by atoms with van der Waals surface area (Å²) in [5.74, 6) is 8.46. The van der Waals surface area contributed by atoms with Gasteiger partial charge in [-0.25, -0.2) is 42.5 Å². The van der Waals surface area contributed by atoms with E-state index in [2.05, 4.69) is 112 Å². The van der Waals surface area contributed by atoms with E-state index >= 15 is 0 Å². The summed E-state index contributed by atoms with van der Waals surface area (Å²) in [7, 11) is 0. The summed E-state index contributed by atoms with van der Waals surface area (Å²) < 4.78 is 6.23. The van der Waals surface area contributed by atoms with Crippen LogP contribution in [0, 0.1) is 0 Å². The third-order valence-corrected chi connectivity index (χ3v) is 20.8. The maximum Gasteiger partial charge on any atom is 0.268 e. The van der Waals surface area contributed by atoms with Crippen molar-refractivity contribution in [1.29, 1.82) is 0 Å². The maximum absolute atomic E-state index is 13.2. The van der Waals surface area contributed by atoms with Gasteiger partial charge in [0.25, 0.3) is 22.2 Å². The quantitative estimate of drug-likeness (QED) is 0.0425. The van der Waals surface area contributed by atoms with Crippen LogP contribution >= 0.6 is 0 Å². The molecule has 546 valence electrons. The Bertz CT molecular complexity index is 7480. The number of fused-ring (bicyclic) bond motifs is 17. The van der Waals surface area contributed by atoms with Gasteiger partial charge in [0.1, 0.15) is 23.0 Å². The fourth-order valence-corrected chi connectivity index (χ4v) is 14.7. The third kappa shape index (κ3) is 11.7. The first-order valence-electron chi connectivity index (χ1n) is 36.9. The molecule has 10 N–H and O–H groups in total. The average molecular weight is 1480 g/mol.